The molecule has 0 fully saturated rings. The number of ether oxygens (including phenoxy) is 1. The third-order valence-electron chi connectivity index (χ3n) is 4.66. The van der Waals surface area contributed by atoms with Crippen molar-refractivity contribution in [2.75, 3.05) is 13.7 Å². The minimum absolute atomic E-state index is 0.0935. The zero-order valence-electron chi connectivity index (χ0n) is 15.2. The van der Waals surface area contributed by atoms with Gasteiger partial charge in [-0.3, -0.25) is 4.68 Å². The molecule has 0 radical (unpaired) electrons. The maximum Gasteiger partial charge on any atom is 0.318 e. The molecule has 7 nitrogen and oxygen atoms in total. The molecule has 0 saturated heterocycles. The van der Waals surface area contributed by atoms with Crippen LogP contribution in [0.5, 0.6) is 5.75 Å². The number of nitrogens with one attached hydrogen (secondary N) is 1. The number of benzene rings is 1. The molecule has 0 bridgehead atoms. The van der Waals surface area contributed by atoms with Crippen LogP contribution in [0.4, 0.5) is 4.79 Å². The fourth-order valence-corrected chi connectivity index (χ4v) is 3.25. The zero-order valence-corrected chi connectivity index (χ0v) is 15.2. The molecule has 0 unspecified atom stereocenters. The maximum absolute atomic E-state index is 12.5. The van der Waals surface area contributed by atoms with Crippen molar-refractivity contribution >= 4 is 6.03 Å². The fraction of sp³-hybridized carbons (Fsp3) is 0.300. The summed E-state index contributed by atoms with van der Waals surface area (Å²) in [4.78, 5) is 14.4. The van der Waals surface area contributed by atoms with Gasteiger partial charge in [0.05, 0.1) is 37.9 Å². The lowest BCUT2D eigenvalue weighted by atomic mass is 10.1. The van der Waals surface area contributed by atoms with Gasteiger partial charge in [-0.15, -0.1) is 0 Å². The highest BCUT2D eigenvalue weighted by atomic mass is 16.5. The van der Waals surface area contributed by atoms with Crippen molar-refractivity contribution in [1.82, 2.24) is 20.0 Å². The zero-order chi connectivity index (χ0) is 18.6. The average Bonchev–Trinajstić information content (AvgIpc) is 3.32. The van der Waals surface area contributed by atoms with Crippen molar-refractivity contribution in [3.8, 4) is 17.0 Å². The van der Waals surface area contributed by atoms with Crippen LogP contribution in [0.2, 0.25) is 0 Å². The van der Waals surface area contributed by atoms with Crippen LogP contribution in [-0.4, -0.2) is 34.4 Å². The number of nitrogens with zero attached hydrogens (tertiary/aromatic N) is 3. The number of carbonyl (C=O) groups excluding carboxylic acids is 1. The molecule has 1 N–H and O–H groups in total. The van der Waals surface area contributed by atoms with Crippen LogP contribution in [-0.2, 0) is 19.6 Å². The number of methoxy groups -OCH3 is 1. The van der Waals surface area contributed by atoms with Crippen LogP contribution < -0.4 is 10.1 Å². The molecule has 7 heteroatoms. The lowest BCUT2D eigenvalue weighted by Crippen LogP contribution is -2.39. The number of carbonyl (C=O) groups is 1. The van der Waals surface area contributed by atoms with E-state index in [0.717, 1.165) is 41.4 Å². The molecule has 1 aliphatic heterocycles. The Morgan fingerprint density at radius 1 is 1.26 bits per heavy atom. The Kier molecular flexibility index (Phi) is 4.82. The van der Waals surface area contributed by atoms with Crippen molar-refractivity contribution in [2.45, 2.75) is 26.1 Å². The number of furan rings is 1. The highest BCUT2D eigenvalue weighted by Crippen LogP contribution is 2.25. The number of aryl methyl sites for hydroxylation is 1. The van der Waals surface area contributed by atoms with E-state index >= 15 is 0 Å². The Morgan fingerprint density at radius 2 is 2.19 bits per heavy atom. The number of rotatable bonds is 4. The molecule has 1 aromatic carbocycles. The van der Waals surface area contributed by atoms with Crippen LogP contribution in [0.3, 0.4) is 0 Å². The minimum Gasteiger partial charge on any atom is -0.497 e. The Balaban J connectivity index is 1.48. The molecule has 27 heavy (non-hydrogen) atoms. The van der Waals surface area contributed by atoms with Gasteiger partial charge in [0, 0.05) is 18.7 Å². The van der Waals surface area contributed by atoms with Gasteiger partial charge < -0.3 is 19.4 Å². The molecular weight excluding hydrogens is 344 g/mol. The summed E-state index contributed by atoms with van der Waals surface area (Å²) in [6.45, 7) is 2.40. The van der Waals surface area contributed by atoms with E-state index in [1.165, 1.54) is 0 Å². The van der Waals surface area contributed by atoms with Gasteiger partial charge in [0.25, 0.3) is 0 Å². The number of hydrogen-bond acceptors (Lipinski definition) is 4. The standard InChI is InChI=1S/C20H22N4O3/c1-26-17-6-2-5-15(11-17)19-12-16-14-23(8-4-9-24(16)22-19)20(25)21-13-18-7-3-10-27-18/h2-3,5-7,10-12H,4,8-9,13-14H2,1H3,(H,21,25). The number of aromatic nitrogens is 2. The first-order valence-corrected chi connectivity index (χ1v) is 8.99. The maximum atomic E-state index is 12.5. The van der Waals surface area contributed by atoms with E-state index in [9.17, 15) is 4.79 Å². The molecule has 0 spiro atoms. The molecule has 0 atom stereocenters. The monoisotopic (exact) mass is 366 g/mol. The first-order chi connectivity index (χ1) is 13.2. The highest BCUT2D eigenvalue weighted by molar-refractivity contribution is 5.74. The topological polar surface area (TPSA) is 72.5 Å². The molecule has 1 aliphatic rings. The molecule has 3 heterocycles. The first kappa shape index (κ1) is 17.2. The van der Waals surface area contributed by atoms with Gasteiger partial charge in [-0.1, -0.05) is 12.1 Å². The van der Waals surface area contributed by atoms with Crippen molar-refractivity contribution in [2.24, 2.45) is 0 Å². The molecule has 3 aromatic rings. The average molecular weight is 366 g/mol. The molecule has 2 amide bonds. The second kappa shape index (κ2) is 7.57. The van der Waals surface area contributed by atoms with E-state index < -0.39 is 0 Å². The molecule has 0 saturated carbocycles. The Morgan fingerprint density at radius 3 is 3.00 bits per heavy atom. The normalized spacial score (nSPS) is 13.7. The van der Waals surface area contributed by atoms with Gasteiger partial charge in [0.1, 0.15) is 11.5 Å². The van der Waals surface area contributed by atoms with Crippen molar-refractivity contribution in [1.29, 1.82) is 0 Å². The second-order valence-electron chi connectivity index (χ2n) is 6.49. The lowest BCUT2D eigenvalue weighted by Gasteiger charge is -2.20. The quantitative estimate of drug-likeness (QED) is 0.769. The summed E-state index contributed by atoms with van der Waals surface area (Å²) in [5.74, 6) is 1.54. The number of urea groups is 1. The highest BCUT2D eigenvalue weighted by Gasteiger charge is 2.21. The Bertz CT molecular complexity index is 917. The van der Waals surface area contributed by atoms with Crippen LogP contribution in [0.15, 0.2) is 53.1 Å². The molecule has 4 rings (SSSR count). The van der Waals surface area contributed by atoms with Crippen LogP contribution in [0, 0.1) is 0 Å². The van der Waals surface area contributed by atoms with Crippen LogP contribution >= 0.6 is 0 Å². The van der Waals surface area contributed by atoms with E-state index in [-0.39, 0.29) is 6.03 Å². The molecule has 140 valence electrons. The van der Waals surface area contributed by atoms with Crippen molar-refractivity contribution in [3.05, 3.63) is 60.2 Å². The van der Waals surface area contributed by atoms with E-state index in [1.807, 2.05) is 52.0 Å². The summed E-state index contributed by atoms with van der Waals surface area (Å²) in [5, 5.41) is 7.64. The van der Waals surface area contributed by atoms with Crippen LogP contribution in [0.1, 0.15) is 17.9 Å². The summed E-state index contributed by atoms with van der Waals surface area (Å²) >= 11 is 0. The third-order valence-corrected chi connectivity index (χ3v) is 4.66. The van der Waals surface area contributed by atoms with Gasteiger partial charge in [-0.05, 0) is 36.8 Å². The minimum atomic E-state index is -0.0935. The van der Waals surface area contributed by atoms with Crippen molar-refractivity contribution in [3.63, 3.8) is 0 Å². The van der Waals surface area contributed by atoms with Gasteiger partial charge in [-0.25, -0.2) is 4.79 Å². The van der Waals surface area contributed by atoms with E-state index in [1.54, 1.807) is 13.4 Å². The molecule has 0 aliphatic carbocycles. The van der Waals surface area contributed by atoms with E-state index in [4.69, 9.17) is 14.3 Å². The predicted molar refractivity (Wildman–Crippen MR) is 100 cm³/mol. The number of amides is 2. The lowest BCUT2D eigenvalue weighted by molar-refractivity contribution is 0.194. The fourth-order valence-electron chi connectivity index (χ4n) is 3.25. The Hall–Kier alpha value is -3.22. The van der Waals surface area contributed by atoms with Crippen LogP contribution in [0.25, 0.3) is 11.3 Å². The molecular formula is C20H22N4O3. The predicted octanol–water partition coefficient (Wildman–Crippen LogP) is 3.27. The number of fused-ring (bicyclic) bond motifs is 1. The van der Waals surface area contributed by atoms with E-state index in [0.29, 0.717) is 19.6 Å². The smallest absolute Gasteiger partial charge is 0.318 e. The summed E-state index contributed by atoms with van der Waals surface area (Å²) in [6, 6.07) is 13.5. The Labute approximate surface area is 157 Å². The van der Waals surface area contributed by atoms with Gasteiger partial charge >= 0.3 is 6.03 Å². The van der Waals surface area contributed by atoms with Gasteiger partial charge in [0.15, 0.2) is 0 Å². The largest absolute Gasteiger partial charge is 0.497 e. The first-order valence-electron chi connectivity index (χ1n) is 8.99. The van der Waals surface area contributed by atoms with Gasteiger partial charge in [0.2, 0.25) is 0 Å². The van der Waals surface area contributed by atoms with Crippen molar-refractivity contribution < 1.29 is 13.9 Å². The summed E-state index contributed by atoms with van der Waals surface area (Å²) < 4.78 is 12.6. The SMILES string of the molecule is COc1cccc(-c2cc3n(n2)CCCN(C(=O)NCc2ccco2)C3)c1. The summed E-state index contributed by atoms with van der Waals surface area (Å²) in [7, 11) is 1.65. The molecule has 2 aromatic heterocycles. The van der Waals surface area contributed by atoms with Gasteiger partial charge in [-0.2, -0.15) is 5.10 Å². The summed E-state index contributed by atoms with van der Waals surface area (Å²) in [5.41, 5.74) is 2.92. The summed E-state index contributed by atoms with van der Waals surface area (Å²) in [6.07, 6.45) is 2.46. The number of hydrogen-bond donors (Lipinski definition) is 1. The second-order valence-corrected chi connectivity index (χ2v) is 6.49. The third kappa shape index (κ3) is 3.81. The van der Waals surface area contributed by atoms with E-state index in [2.05, 4.69) is 5.32 Å².